The van der Waals surface area contributed by atoms with Crippen molar-refractivity contribution in [2.45, 2.75) is 30.7 Å². The number of aliphatic hydroxyl groups is 1. The number of rotatable bonds is 2. The molecule has 4 nitrogen and oxygen atoms in total. The van der Waals surface area contributed by atoms with Crippen LogP contribution in [0.5, 0.6) is 0 Å². The van der Waals surface area contributed by atoms with E-state index in [0.29, 0.717) is 0 Å². The molecule has 2 saturated heterocycles. The van der Waals surface area contributed by atoms with Gasteiger partial charge in [-0.2, -0.15) is 0 Å². The fourth-order valence-corrected chi connectivity index (χ4v) is 3.79. The maximum atomic E-state index is 11.9. The lowest BCUT2D eigenvalue weighted by atomic mass is 10.1. The topological polar surface area (TPSA) is 52.6 Å². The second kappa shape index (κ2) is 4.31. The van der Waals surface area contributed by atoms with Gasteiger partial charge in [-0.25, -0.2) is 0 Å². The summed E-state index contributed by atoms with van der Waals surface area (Å²) in [6.45, 7) is 4.38. The van der Waals surface area contributed by atoms with E-state index in [2.05, 4.69) is 5.32 Å². The molecule has 2 N–H and O–H groups in total. The lowest BCUT2D eigenvalue weighted by Crippen LogP contribution is -2.47. The normalized spacial score (nSPS) is 32.5. The zero-order valence-corrected chi connectivity index (χ0v) is 9.85. The molecule has 1 unspecified atom stereocenters. The summed E-state index contributed by atoms with van der Waals surface area (Å²) in [7, 11) is 0. The summed E-state index contributed by atoms with van der Waals surface area (Å²) >= 11 is 1.88. The minimum absolute atomic E-state index is 0.00796. The average Bonchev–Trinajstić information content (AvgIpc) is 2.76. The number of nitrogens with one attached hydrogen (secondary N) is 1. The first-order valence-corrected chi connectivity index (χ1v) is 6.46. The van der Waals surface area contributed by atoms with Crippen LogP contribution in [0.3, 0.4) is 0 Å². The van der Waals surface area contributed by atoms with Crippen LogP contribution in [0.1, 0.15) is 19.8 Å². The average molecular weight is 230 g/mol. The van der Waals surface area contributed by atoms with Crippen molar-refractivity contribution in [2.75, 3.05) is 25.4 Å². The Morgan fingerprint density at radius 1 is 1.73 bits per heavy atom. The summed E-state index contributed by atoms with van der Waals surface area (Å²) in [4.78, 5) is 13.9. The second-order valence-electron chi connectivity index (χ2n) is 4.32. The van der Waals surface area contributed by atoms with E-state index in [1.165, 1.54) is 0 Å². The van der Waals surface area contributed by atoms with E-state index in [9.17, 15) is 9.90 Å². The largest absolute Gasteiger partial charge is 0.393 e. The van der Waals surface area contributed by atoms with Gasteiger partial charge in [0.15, 0.2) is 0 Å². The van der Waals surface area contributed by atoms with Gasteiger partial charge in [0, 0.05) is 18.8 Å². The molecule has 2 atom stereocenters. The monoisotopic (exact) mass is 230 g/mol. The highest BCUT2D eigenvalue weighted by molar-refractivity contribution is 8.00. The van der Waals surface area contributed by atoms with Crippen LogP contribution >= 0.6 is 11.8 Å². The third-order valence-electron chi connectivity index (χ3n) is 3.04. The first kappa shape index (κ1) is 11.2. The third kappa shape index (κ3) is 2.14. The van der Waals surface area contributed by atoms with E-state index in [0.717, 1.165) is 31.8 Å². The summed E-state index contributed by atoms with van der Waals surface area (Å²) in [6, 6.07) is 0. The van der Waals surface area contributed by atoms with Crippen LogP contribution in [0.4, 0.5) is 0 Å². The van der Waals surface area contributed by atoms with Gasteiger partial charge in [0.25, 0.3) is 0 Å². The Labute approximate surface area is 94.4 Å². The number of carbonyl (C=O) groups is 1. The van der Waals surface area contributed by atoms with E-state index in [-0.39, 0.29) is 17.2 Å². The first-order valence-electron chi connectivity index (χ1n) is 5.47. The number of thioether (sulfide) groups is 1. The van der Waals surface area contributed by atoms with Gasteiger partial charge in [-0.3, -0.25) is 4.79 Å². The number of hydrogen-bond acceptors (Lipinski definition) is 4. The SMILES string of the molecule is C[C@@H](O)CC(=O)N1CCSC12CCNC2. The number of amides is 1. The zero-order valence-electron chi connectivity index (χ0n) is 9.03. The second-order valence-corrected chi connectivity index (χ2v) is 5.78. The molecule has 0 aromatic rings. The Balaban J connectivity index is 2.04. The van der Waals surface area contributed by atoms with E-state index in [1.807, 2.05) is 16.7 Å². The van der Waals surface area contributed by atoms with Gasteiger partial charge in [-0.05, 0) is 19.9 Å². The summed E-state index contributed by atoms with van der Waals surface area (Å²) < 4.78 is 0. The predicted octanol–water partition coefficient (Wildman–Crippen LogP) is 0.0223. The first-order chi connectivity index (χ1) is 7.14. The molecule has 0 radical (unpaired) electrons. The van der Waals surface area contributed by atoms with E-state index < -0.39 is 6.10 Å². The number of nitrogens with zero attached hydrogens (tertiary/aromatic N) is 1. The molecule has 0 aromatic carbocycles. The van der Waals surface area contributed by atoms with Crippen molar-refractivity contribution >= 4 is 17.7 Å². The van der Waals surface area contributed by atoms with Crippen LogP contribution in [-0.4, -0.2) is 52.3 Å². The standard InChI is InChI=1S/C10H18N2O2S/c1-8(13)6-9(14)12-4-5-15-10(12)2-3-11-7-10/h8,11,13H,2-7H2,1H3/t8-,10?/m1/s1. The molecule has 2 heterocycles. The van der Waals surface area contributed by atoms with E-state index >= 15 is 0 Å². The highest BCUT2D eigenvalue weighted by Crippen LogP contribution is 2.40. The minimum Gasteiger partial charge on any atom is -0.393 e. The number of carbonyl (C=O) groups excluding carboxylic acids is 1. The maximum Gasteiger partial charge on any atom is 0.226 e. The molecule has 15 heavy (non-hydrogen) atoms. The molecule has 2 rings (SSSR count). The van der Waals surface area contributed by atoms with Gasteiger partial charge in [0.2, 0.25) is 5.91 Å². The fraction of sp³-hybridized carbons (Fsp3) is 0.900. The highest BCUT2D eigenvalue weighted by atomic mass is 32.2. The Morgan fingerprint density at radius 2 is 2.53 bits per heavy atom. The quantitative estimate of drug-likeness (QED) is 0.702. The molecule has 2 fully saturated rings. The summed E-state index contributed by atoms with van der Waals surface area (Å²) in [5, 5.41) is 12.6. The van der Waals surface area contributed by atoms with Crippen molar-refractivity contribution in [3.63, 3.8) is 0 Å². The van der Waals surface area contributed by atoms with Gasteiger partial charge < -0.3 is 15.3 Å². The van der Waals surface area contributed by atoms with Gasteiger partial charge in [0.1, 0.15) is 4.87 Å². The lowest BCUT2D eigenvalue weighted by Gasteiger charge is -2.33. The van der Waals surface area contributed by atoms with Gasteiger partial charge >= 0.3 is 0 Å². The van der Waals surface area contributed by atoms with Crippen LogP contribution < -0.4 is 5.32 Å². The Hall–Kier alpha value is -0.260. The molecule has 2 aliphatic rings. The van der Waals surface area contributed by atoms with E-state index in [4.69, 9.17) is 0 Å². The van der Waals surface area contributed by atoms with Crippen LogP contribution in [0.2, 0.25) is 0 Å². The summed E-state index contributed by atoms with van der Waals surface area (Å²) in [5.41, 5.74) is 0. The fourth-order valence-electron chi connectivity index (χ4n) is 2.33. The summed E-state index contributed by atoms with van der Waals surface area (Å²) in [5.74, 6) is 1.12. The molecular weight excluding hydrogens is 212 g/mol. The van der Waals surface area contributed by atoms with Crippen molar-refractivity contribution < 1.29 is 9.90 Å². The third-order valence-corrected chi connectivity index (χ3v) is 4.54. The molecule has 0 bridgehead atoms. The van der Waals surface area contributed by atoms with Crippen molar-refractivity contribution in [2.24, 2.45) is 0 Å². The predicted molar refractivity (Wildman–Crippen MR) is 60.7 cm³/mol. The lowest BCUT2D eigenvalue weighted by molar-refractivity contribution is -0.135. The minimum atomic E-state index is -0.533. The van der Waals surface area contributed by atoms with E-state index in [1.54, 1.807) is 6.92 Å². The van der Waals surface area contributed by atoms with Gasteiger partial charge in [-0.15, -0.1) is 11.8 Å². The molecule has 1 spiro atoms. The van der Waals surface area contributed by atoms with Crippen molar-refractivity contribution in [1.29, 1.82) is 0 Å². The zero-order chi connectivity index (χ0) is 10.9. The maximum absolute atomic E-state index is 11.9. The molecular formula is C10H18N2O2S. The molecule has 2 aliphatic heterocycles. The smallest absolute Gasteiger partial charge is 0.226 e. The van der Waals surface area contributed by atoms with Crippen molar-refractivity contribution in [3.8, 4) is 0 Å². The van der Waals surface area contributed by atoms with Crippen molar-refractivity contribution in [1.82, 2.24) is 10.2 Å². The molecule has 0 saturated carbocycles. The molecule has 0 aliphatic carbocycles. The Kier molecular flexibility index (Phi) is 3.23. The number of aliphatic hydroxyl groups excluding tert-OH is 1. The van der Waals surface area contributed by atoms with Crippen LogP contribution in [0, 0.1) is 0 Å². The Morgan fingerprint density at radius 3 is 3.13 bits per heavy atom. The molecule has 86 valence electrons. The van der Waals surface area contributed by atoms with Crippen LogP contribution in [0.15, 0.2) is 0 Å². The summed E-state index contributed by atoms with van der Waals surface area (Å²) in [6.07, 6.45) is 0.750. The van der Waals surface area contributed by atoms with Crippen LogP contribution in [-0.2, 0) is 4.79 Å². The van der Waals surface area contributed by atoms with Crippen LogP contribution in [0.25, 0.3) is 0 Å². The van der Waals surface area contributed by atoms with Gasteiger partial charge in [-0.1, -0.05) is 0 Å². The number of hydrogen-bond donors (Lipinski definition) is 2. The highest BCUT2D eigenvalue weighted by Gasteiger charge is 2.46. The van der Waals surface area contributed by atoms with Gasteiger partial charge in [0.05, 0.1) is 12.5 Å². The molecule has 5 heteroatoms. The van der Waals surface area contributed by atoms with Crippen molar-refractivity contribution in [3.05, 3.63) is 0 Å². The molecule has 1 amide bonds. The Bertz CT molecular complexity index is 246. The molecule has 0 aromatic heterocycles.